The van der Waals surface area contributed by atoms with Crippen LogP contribution in [0.3, 0.4) is 0 Å². The molecule has 3 aromatic rings. The molecule has 0 bridgehead atoms. The Labute approximate surface area is 186 Å². The molecule has 0 atom stereocenters. The molecule has 0 saturated heterocycles. The van der Waals surface area contributed by atoms with Crippen LogP contribution in [-0.4, -0.2) is 15.9 Å². The van der Waals surface area contributed by atoms with E-state index in [1.807, 2.05) is 6.07 Å². The number of aryl methyl sites for hydroxylation is 1. The van der Waals surface area contributed by atoms with E-state index in [0.717, 1.165) is 17.6 Å². The van der Waals surface area contributed by atoms with Crippen LogP contribution in [0.5, 0.6) is 0 Å². The zero-order valence-electron chi connectivity index (χ0n) is 17.1. The number of fused-ring (bicyclic) bond motifs is 2. The van der Waals surface area contributed by atoms with Crippen LogP contribution in [-0.2, 0) is 37.7 Å². The molecule has 0 saturated carbocycles. The van der Waals surface area contributed by atoms with E-state index < -0.39 is 0 Å². The normalized spacial score (nSPS) is 13.0. The van der Waals surface area contributed by atoms with Gasteiger partial charge in [0.1, 0.15) is 0 Å². The molecule has 3 nitrogen and oxygen atoms in total. The second kappa shape index (κ2) is 10.5. The molecule has 1 aliphatic carbocycles. The van der Waals surface area contributed by atoms with Gasteiger partial charge >= 0.3 is 0 Å². The number of aliphatic hydroxyl groups is 1. The molecule has 4 heteroatoms. The summed E-state index contributed by atoms with van der Waals surface area (Å²) in [7, 11) is 0. The van der Waals surface area contributed by atoms with Gasteiger partial charge in [-0.3, -0.25) is 9.78 Å². The van der Waals surface area contributed by atoms with Gasteiger partial charge in [0.05, 0.1) is 11.3 Å². The minimum absolute atomic E-state index is 0. The topological polar surface area (TPSA) is 50.2 Å². The first kappa shape index (κ1) is 23.0. The first-order valence-electron chi connectivity index (χ1n) is 9.72. The van der Waals surface area contributed by atoms with Gasteiger partial charge in [0.25, 0.3) is 0 Å². The molecular weight excluding hydrogens is 538 g/mol. The molecule has 1 aromatic heterocycles. The number of nitrogens with zero attached hydrogens (tertiary/aromatic N) is 1. The summed E-state index contributed by atoms with van der Waals surface area (Å²) in [6.45, 7) is 5.05. The summed E-state index contributed by atoms with van der Waals surface area (Å²) in [6.07, 6.45) is 6.13. The van der Waals surface area contributed by atoms with E-state index in [4.69, 9.17) is 10.1 Å². The van der Waals surface area contributed by atoms with Crippen LogP contribution in [0.2, 0.25) is 0 Å². The number of benzene rings is 2. The van der Waals surface area contributed by atoms with E-state index in [0.29, 0.717) is 0 Å². The van der Waals surface area contributed by atoms with Gasteiger partial charge < -0.3 is 5.11 Å². The predicted octanol–water partition coefficient (Wildman–Crippen LogP) is 5.92. The third kappa shape index (κ3) is 5.85. The minimum Gasteiger partial charge on any atom is -0.512 e. The first-order valence-corrected chi connectivity index (χ1v) is 9.72. The van der Waals surface area contributed by atoms with Gasteiger partial charge in [-0.25, -0.2) is 0 Å². The van der Waals surface area contributed by atoms with Gasteiger partial charge in [0.15, 0.2) is 5.78 Å². The largest absolute Gasteiger partial charge is 0.512 e. The summed E-state index contributed by atoms with van der Waals surface area (Å²) < 4.78 is 0. The minimum atomic E-state index is -0.125. The Morgan fingerprint density at radius 3 is 2.41 bits per heavy atom. The maximum Gasteiger partial charge on any atom is 0.155 e. The third-order valence-electron chi connectivity index (χ3n) is 4.95. The molecular formula is C25H26IrNO2-. The number of aliphatic hydroxyl groups excluding tert-OH is 1. The van der Waals surface area contributed by atoms with Gasteiger partial charge in [-0.15, -0.1) is 34.4 Å². The molecule has 0 fully saturated rings. The van der Waals surface area contributed by atoms with Crippen molar-refractivity contribution in [2.45, 2.75) is 46.5 Å². The first-order chi connectivity index (χ1) is 13.5. The Bertz CT molecular complexity index is 1040. The number of ketones is 1. The van der Waals surface area contributed by atoms with Gasteiger partial charge in [-0.1, -0.05) is 56.5 Å². The molecule has 0 amide bonds. The number of carbonyl (C=O) groups is 1. The monoisotopic (exact) mass is 565 g/mol. The van der Waals surface area contributed by atoms with Crippen molar-refractivity contribution >= 4 is 16.7 Å². The molecule has 1 radical (unpaired) electrons. The van der Waals surface area contributed by atoms with Crippen molar-refractivity contribution in [2.75, 3.05) is 0 Å². The fourth-order valence-corrected chi connectivity index (χ4v) is 3.70. The summed E-state index contributed by atoms with van der Waals surface area (Å²) in [5.41, 5.74) is 7.73. The van der Waals surface area contributed by atoms with Crippen molar-refractivity contribution in [2.24, 2.45) is 0 Å². The average Bonchev–Trinajstić information content (AvgIpc) is 2.68. The van der Waals surface area contributed by atoms with Crippen LogP contribution in [0.4, 0.5) is 0 Å². The van der Waals surface area contributed by atoms with Gasteiger partial charge in [0.2, 0.25) is 0 Å². The van der Waals surface area contributed by atoms with Crippen LogP contribution in [0.1, 0.15) is 43.4 Å². The maximum absolute atomic E-state index is 10.0. The molecule has 1 N–H and O–H groups in total. The summed E-state index contributed by atoms with van der Waals surface area (Å²) >= 11 is 0. The van der Waals surface area contributed by atoms with E-state index in [1.165, 1.54) is 66.8 Å². The Hall–Kier alpha value is -2.29. The average molecular weight is 565 g/mol. The van der Waals surface area contributed by atoms with E-state index in [-0.39, 0.29) is 31.6 Å². The molecule has 1 aliphatic rings. The Morgan fingerprint density at radius 1 is 1.07 bits per heavy atom. The summed E-state index contributed by atoms with van der Waals surface area (Å²) in [4.78, 5) is 14.9. The van der Waals surface area contributed by atoms with Crippen LogP contribution >= 0.6 is 0 Å². The number of hydrogen-bond acceptors (Lipinski definition) is 3. The Morgan fingerprint density at radius 2 is 1.76 bits per heavy atom. The number of rotatable bonds is 2. The van der Waals surface area contributed by atoms with Crippen molar-refractivity contribution in [1.82, 2.24) is 4.98 Å². The fraction of sp³-hybridized carbons (Fsp3) is 0.280. The number of carbonyl (C=O) groups excluding carboxylic acids is 1. The second-order valence-corrected chi connectivity index (χ2v) is 7.30. The number of allylic oxidation sites excluding steroid dienone is 2. The molecule has 0 unspecified atom stereocenters. The summed E-state index contributed by atoms with van der Waals surface area (Å²) in [5, 5.41) is 9.56. The quantitative estimate of drug-likeness (QED) is 0.239. The summed E-state index contributed by atoms with van der Waals surface area (Å²) in [6, 6.07) is 18.2. The standard InChI is InChI=1S/C20H18N.C5H8O2.Ir/c1-14-10-12-18(17-8-4-3-7-16(14)17)20-13-11-15-6-2-5-9-19(15)21-20;1-4(6)3-5(2)7;/h2,5-6,9-11,13H,3-4,7-8H2,1H3;3,6H,1-2H3;/q-1;;/b;4-3-;. The molecule has 0 spiro atoms. The van der Waals surface area contributed by atoms with Crippen molar-refractivity contribution in [3.8, 4) is 11.3 Å². The molecule has 1 heterocycles. The van der Waals surface area contributed by atoms with Crippen molar-refractivity contribution in [1.29, 1.82) is 0 Å². The number of hydrogen-bond donors (Lipinski definition) is 1. The van der Waals surface area contributed by atoms with Crippen molar-refractivity contribution in [3.05, 3.63) is 77.1 Å². The smallest absolute Gasteiger partial charge is 0.155 e. The van der Waals surface area contributed by atoms with Gasteiger partial charge in [-0.2, -0.15) is 0 Å². The van der Waals surface area contributed by atoms with Crippen molar-refractivity contribution in [3.63, 3.8) is 0 Å². The Balaban J connectivity index is 0.000000327. The number of para-hydroxylation sites is 1. The fourth-order valence-electron chi connectivity index (χ4n) is 3.70. The Kier molecular flexibility index (Phi) is 8.31. The predicted molar refractivity (Wildman–Crippen MR) is 114 cm³/mol. The van der Waals surface area contributed by atoms with Crippen molar-refractivity contribution < 1.29 is 30.0 Å². The third-order valence-corrected chi connectivity index (χ3v) is 4.95. The molecule has 0 aliphatic heterocycles. The van der Waals surface area contributed by atoms with E-state index in [2.05, 4.69) is 49.4 Å². The van der Waals surface area contributed by atoms with E-state index >= 15 is 0 Å². The van der Waals surface area contributed by atoms with E-state index in [9.17, 15) is 4.79 Å². The van der Waals surface area contributed by atoms with Crippen LogP contribution in [0, 0.1) is 13.0 Å². The van der Waals surface area contributed by atoms with Crippen LogP contribution in [0.15, 0.2) is 54.3 Å². The zero-order chi connectivity index (χ0) is 20.1. The summed E-state index contributed by atoms with van der Waals surface area (Å²) in [5.74, 6) is -0.0625. The second-order valence-electron chi connectivity index (χ2n) is 7.30. The van der Waals surface area contributed by atoms with Crippen LogP contribution < -0.4 is 0 Å². The SMILES string of the molecule is CC(=O)/C=C(/C)O.Cc1c[c-]c(-c2ccc3ccccc3n2)c2c1CCCC2.[Ir]. The van der Waals surface area contributed by atoms with Gasteiger partial charge in [-0.05, 0) is 37.4 Å². The maximum atomic E-state index is 10.0. The number of pyridine rings is 1. The molecule has 2 aromatic carbocycles. The zero-order valence-corrected chi connectivity index (χ0v) is 19.5. The van der Waals surface area contributed by atoms with E-state index in [1.54, 1.807) is 0 Å². The van der Waals surface area contributed by atoms with Crippen LogP contribution in [0.25, 0.3) is 22.2 Å². The number of aromatic nitrogens is 1. The molecule has 29 heavy (non-hydrogen) atoms. The molecule has 153 valence electrons. The molecule has 4 rings (SSSR count). The van der Waals surface area contributed by atoms with Gasteiger partial charge in [0, 0.05) is 26.2 Å².